The Bertz CT molecular complexity index is 1270. The molecule has 31 heavy (non-hydrogen) atoms. The lowest BCUT2D eigenvalue weighted by atomic mass is 9.82. The zero-order valence-electron chi connectivity index (χ0n) is 16.4. The van der Waals surface area contributed by atoms with Crippen molar-refractivity contribution in [2.45, 2.75) is 18.2 Å². The van der Waals surface area contributed by atoms with Gasteiger partial charge in [-0.15, -0.1) is 0 Å². The number of halogens is 2. The first-order chi connectivity index (χ1) is 14.7. The average Bonchev–Trinajstić information content (AvgIpc) is 3.33. The average molecular weight is 477 g/mol. The normalized spacial score (nSPS) is 26.9. The summed E-state index contributed by atoms with van der Waals surface area (Å²) in [6, 6.07) is 10.4. The molecular weight excluding hydrogens is 459 g/mol. The highest BCUT2D eigenvalue weighted by Gasteiger charge is 2.61. The molecule has 4 atom stereocenters. The molecule has 2 aromatic carbocycles. The third kappa shape index (κ3) is 3.18. The minimum absolute atomic E-state index is 0.0184. The van der Waals surface area contributed by atoms with Crippen LogP contribution in [0.3, 0.4) is 0 Å². The fourth-order valence-corrected chi connectivity index (χ4v) is 6.89. The van der Waals surface area contributed by atoms with Gasteiger partial charge in [-0.1, -0.05) is 40.9 Å². The van der Waals surface area contributed by atoms with E-state index in [0.29, 0.717) is 5.02 Å². The second-order valence-electron chi connectivity index (χ2n) is 8.21. The van der Waals surface area contributed by atoms with Crippen LogP contribution in [-0.4, -0.2) is 20.2 Å². The van der Waals surface area contributed by atoms with Gasteiger partial charge in [0.15, 0.2) is 0 Å². The number of hydrogen-bond acceptors (Lipinski definition) is 4. The Balaban J connectivity index is 1.50. The van der Waals surface area contributed by atoms with Crippen molar-refractivity contribution >= 4 is 56.4 Å². The first-order valence-corrected chi connectivity index (χ1v) is 12.1. The van der Waals surface area contributed by atoms with Crippen LogP contribution in [0.4, 0.5) is 11.4 Å². The van der Waals surface area contributed by atoms with E-state index in [1.807, 2.05) is 6.92 Å². The molecule has 2 bridgehead atoms. The third-order valence-corrected chi connectivity index (χ3v) is 8.52. The second-order valence-corrected chi connectivity index (χ2v) is 10.7. The molecule has 1 saturated carbocycles. The quantitative estimate of drug-likeness (QED) is 0.520. The van der Waals surface area contributed by atoms with Gasteiger partial charge < -0.3 is 0 Å². The minimum Gasteiger partial charge on any atom is -0.280 e. The van der Waals surface area contributed by atoms with Crippen molar-refractivity contribution in [3.63, 3.8) is 0 Å². The molecule has 1 heterocycles. The molecular formula is C22H18Cl2N2O4S. The van der Waals surface area contributed by atoms with Gasteiger partial charge in [0.1, 0.15) is 4.90 Å². The molecule has 1 N–H and O–H groups in total. The van der Waals surface area contributed by atoms with Gasteiger partial charge in [-0.2, -0.15) is 0 Å². The first kappa shape index (κ1) is 20.5. The molecule has 0 unspecified atom stereocenters. The van der Waals surface area contributed by atoms with Crippen LogP contribution < -0.4 is 9.62 Å². The maximum absolute atomic E-state index is 13.2. The Morgan fingerprint density at radius 1 is 1.03 bits per heavy atom. The van der Waals surface area contributed by atoms with Crippen LogP contribution in [0, 0.1) is 23.7 Å². The van der Waals surface area contributed by atoms with Crippen LogP contribution >= 0.6 is 23.2 Å². The van der Waals surface area contributed by atoms with Crippen LogP contribution in [0.25, 0.3) is 0 Å². The predicted octanol–water partition coefficient (Wildman–Crippen LogP) is 4.50. The Morgan fingerprint density at radius 3 is 2.52 bits per heavy atom. The van der Waals surface area contributed by atoms with Crippen LogP contribution in [0.5, 0.6) is 0 Å². The molecule has 5 rings (SSSR count). The molecule has 3 aliphatic rings. The number of benzene rings is 2. The van der Waals surface area contributed by atoms with Crippen molar-refractivity contribution in [2.24, 2.45) is 23.7 Å². The number of carbonyl (C=O) groups excluding carboxylic acids is 2. The van der Waals surface area contributed by atoms with E-state index < -0.39 is 10.0 Å². The van der Waals surface area contributed by atoms with Gasteiger partial charge >= 0.3 is 0 Å². The van der Waals surface area contributed by atoms with E-state index >= 15 is 0 Å². The molecule has 2 aliphatic carbocycles. The number of sulfonamides is 1. The summed E-state index contributed by atoms with van der Waals surface area (Å²) in [6.07, 6.45) is 2.92. The number of anilines is 2. The smallest absolute Gasteiger partial charge is 0.263 e. The first-order valence-electron chi connectivity index (χ1n) is 9.81. The summed E-state index contributed by atoms with van der Waals surface area (Å²) < 4.78 is 28.4. The van der Waals surface area contributed by atoms with Crippen molar-refractivity contribution in [2.75, 3.05) is 9.62 Å². The SMILES string of the molecule is CC1=C[C@H]2C[C@H]1[C@H]1C(=O)N(c3ccc(Cl)c(S(=O)(=O)Nc4cccc(Cl)c4)c3)C(=O)[C@@H]12. The molecule has 1 aliphatic heterocycles. The standard InChI is InChI=1S/C22H18Cl2N2O4S/c1-11-7-12-8-16(11)20-19(12)21(27)26(22(20)28)15-5-6-17(24)18(10-15)31(29,30)25-14-4-2-3-13(23)9-14/h2-7,9-10,12,16,19-20,25H,8H2,1H3/t12-,16+,19+,20+/m0/s1. The second kappa shape index (κ2) is 7.08. The van der Waals surface area contributed by atoms with Crippen LogP contribution in [-0.2, 0) is 19.6 Å². The summed E-state index contributed by atoms with van der Waals surface area (Å²) in [5.41, 5.74) is 1.63. The summed E-state index contributed by atoms with van der Waals surface area (Å²) >= 11 is 12.1. The molecule has 2 amide bonds. The van der Waals surface area contributed by atoms with Gasteiger partial charge in [-0.25, -0.2) is 13.3 Å². The summed E-state index contributed by atoms with van der Waals surface area (Å²) in [4.78, 5) is 27.2. The van der Waals surface area contributed by atoms with E-state index in [4.69, 9.17) is 23.2 Å². The Morgan fingerprint density at radius 2 is 1.77 bits per heavy atom. The molecule has 2 aromatic rings. The van der Waals surface area contributed by atoms with Crippen LogP contribution in [0.1, 0.15) is 13.3 Å². The number of rotatable bonds is 4. The van der Waals surface area contributed by atoms with Gasteiger partial charge in [0.2, 0.25) is 11.8 Å². The zero-order chi connectivity index (χ0) is 22.1. The van der Waals surface area contributed by atoms with Crippen molar-refractivity contribution in [1.82, 2.24) is 0 Å². The summed E-state index contributed by atoms with van der Waals surface area (Å²) in [7, 11) is -4.08. The van der Waals surface area contributed by atoms with Crippen LogP contribution in [0.15, 0.2) is 59.0 Å². The van der Waals surface area contributed by atoms with Gasteiger partial charge in [0.25, 0.3) is 10.0 Å². The number of nitrogens with one attached hydrogen (secondary N) is 1. The number of hydrogen-bond donors (Lipinski definition) is 1. The highest BCUT2D eigenvalue weighted by atomic mass is 35.5. The molecule has 9 heteroatoms. The van der Waals surface area contributed by atoms with E-state index in [1.54, 1.807) is 18.2 Å². The number of nitrogens with zero attached hydrogens (tertiary/aromatic N) is 1. The third-order valence-electron chi connectivity index (χ3n) is 6.42. The highest BCUT2D eigenvalue weighted by Crippen LogP contribution is 2.56. The maximum Gasteiger partial charge on any atom is 0.263 e. The van der Waals surface area contributed by atoms with Crippen molar-refractivity contribution in [3.05, 3.63) is 64.2 Å². The molecule has 6 nitrogen and oxygen atoms in total. The molecule has 160 valence electrons. The van der Waals surface area contributed by atoms with Gasteiger partial charge in [-0.05, 0) is 61.6 Å². The Labute approximate surface area is 189 Å². The largest absolute Gasteiger partial charge is 0.280 e. The number of allylic oxidation sites excluding steroid dienone is 2. The van der Waals surface area contributed by atoms with Crippen LogP contribution in [0.2, 0.25) is 10.0 Å². The van der Waals surface area contributed by atoms with Crippen molar-refractivity contribution in [1.29, 1.82) is 0 Å². The predicted molar refractivity (Wildman–Crippen MR) is 119 cm³/mol. The number of imide groups is 1. The summed E-state index contributed by atoms with van der Waals surface area (Å²) in [5, 5.41) is 0.355. The number of amides is 2. The van der Waals surface area contributed by atoms with E-state index in [9.17, 15) is 18.0 Å². The van der Waals surface area contributed by atoms with E-state index in [-0.39, 0.29) is 56.8 Å². The molecule has 0 radical (unpaired) electrons. The Kier molecular flexibility index (Phi) is 4.70. The highest BCUT2D eigenvalue weighted by molar-refractivity contribution is 7.92. The van der Waals surface area contributed by atoms with E-state index in [1.165, 1.54) is 24.3 Å². The van der Waals surface area contributed by atoms with Gasteiger partial charge in [-0.3, -0.25) is 14.3 Å². The molecule has 0 aromatic heterocycles. The lowest BCUT2D eigenvalue weighted by molar-refractivity contribution is -0.123. The van der Waals surface area contributed by atoms with Gasteiger partial charge in [0.05, 0.1) is 28.2 Å². The number of carbonyl (C=O) groups is 2. The zero-order valence-corrected chi connectivity index (χ0v) is 18.7. The molecule has 1 saturated heterocycles. The maximum atomic E-state index is 13.2. The molecule has 0 spiro atoms. The van der Waals surface area contributed by atoms with Gasteiger partial charge in [0, 0.05) is 5.02 Å². The van der Waals surface area contributed by atoms with Crippen molar-refractivity contribution in [3.8, 4) is 0 Å². The monoisotopic (exact) mass is 476 g/mol. The number of fused-ring (bicyclic) bond motifs is 5. The Hall–Kier alpha value is -2.35. The van der Waals surface area contributed by atoms with Crippen molar-refractivity contribution < 1.29 is 18.0 Å². The fraction of sp³-hybridized carbons (Fsp3) is 0.273. The van der Waals surface area contributed by atoms with E-state index in [0.717, 1.165) is 16.9 Å². The fourth-order valence-electron chi connectivity index (χ4n) is 5.13. The van der Waals surface area contributed by atoms with E-state index in [2.05, 4.69) is 10.8 Å². The minimum atomic E-state index is -4.08. The molecule has 2 fully saturated rings. The lowest BCUT2D eigenvalue weighted by Crippen LogP contribution is -2.33. The summed E-state index contributed by atoms with van der Waals surface area (Å²) in [5.74, 6) is -1.15. The topological polar surface area (TPSA) is 83.6 Å². The lowest BCUT2D eigenvalue weighted by Gasteiger charge is -2.19. The summed E-state index contributed by atoms with van der Waals surface area (Å²) in [6.45, 7) is 2.00.